The number of aromatic nitrogens is 3. The topological polar surface area (TPSA) is 47.9 Å². The van der Waals surface area contributed by atoms with Crippen molar-refractivity contribution in [2.24, 2.45) is 5.92 Å². The van der Waals surface area contributed by atoms with Crippen LogP contribution in [0.15, 0.2) is 85.3 Å². The van der Waals surface area contributed by atoms with Gasteiger partial charge in [-0.25, -0.2) is 9.97 Å². The third-order valence-electron chi connectivity index (χ3n) is 6.16. The molecule has 2 heterocycles. The van der Waals surface area contributed by atoms with Crippen LogP contribution in [0.1, 0.15) is 37.6 Å². The van der Waals surface area contributed by atoms with Crippen LogP contribution in [0.3, 0.4) is 0 Å². The largest absolute Gasteiger partial charge is 0.487 e. The summed E-state index contributed by atoms with van der Waals surface area (Å²) in [6.07, 6.45) is 5.27. The van der Waals surface area contributed by atoms with E-state index < -0.39 is 0 Å². The van der Waals surface area contributed by atoms with E-state index in [2.05, 4.69) is 72.1 Å². The smallest absolute Gasteiger partial charge is 0.222 e. The molecule has 0 saturated heterocycles. The summed E-state index contributed by atoms with van der Waals surface area (Å²) in [6.45, 7) is 7.26. The predicted molar refractivity (Wildman–Crippen MR) is 129 cm³/mol. The summed E-state index contributed by atoms with van der Waals surface area (Å²) < 4.78 is 5.92. The van der Waals surface area contributed by atoms with E-state index in [4.69, 9.17) is 16.3 Å². The molecule has 4 aromatic rings. The Hall–Kier alpha value is -3.24. The van der Waals surface area contributed by atoms with Crippen molar-refractivity contribution in [1.29, 1.82) is 0 Å². The second kappa shape index (κ2) is 9.49. The molecule has 5 heteroatoms. The third-order valence-corrected chi connectivity index (χ3v) is 6.35. The molecule has 2 aromatic carbocycles. The Labute approximate surface area is 194 Å². The standard InChI is InChI=1S/C27H26ClN3O/c1-19(2)27(3,22-9-7-20(8-10-22)21-16-30-26(28)31-17-21)23-11-13-25(14-12-23)32-18-24-6-4-5-15-29-24/h4-17,19H,18H2,1-3H3. The molecule has 2 aromatic heterocycles. The first-order valence-electron chi connectivity index (χ1n) is 10.7. The molecular formula is C27H26ClN3O. The minimum atomic E-state index is -0.144. The molecule has 4 nitrogen and oxygen atoms in total. The Bertz CT molecular complexity index is 1140. The molecule has 0 spiro atoms. The van der Waals surface area contributed by atoms with Crippen LogP contribution in [0.5, 0.6) is 5.75 Å². The number of pyridine rings is 1. The first-order valence-corrected chi connectivity index (χ1v) is 11.1. The summed E-state index contributed by atoms with van der Waals surface area (Å²) in [6, 6.07) is 22.9. The highest BCUT2D eigenvalue weighted by Crippen LogP contribution is 2.40. The maximum atomic E-state index is 5.92. The minimum absolute atomic E-state index is 0.144. The molecule has 32 heavy (non-hydrogen) atoms. The van der Waals surface area contributed by atoms with Crippen LogP contribution in [-0.4, -0.2) is 15.0 Å². The van der Waals surface area contributed by atoms with Gasteiger partial charge in [0.15, 0.2) is 0 Å². The zero-order chi connectivity index (χ0) is 22.6. The molecule has 0 radical (unpaired) electrons. The predicted octanol–water partition coefficient (Wildman–Crippen LogP) is 6.73. The van der Waals surface area contributed by atoms with Gasteiger partial charge in [0.05, 0.1) is 5.69 Å². The Morgan fingerprint density at radius 3 is 2.00 bits per heavy atom. The molecule has 4 rings (SSSR count). The van der Waals surface area contributed by atoms with Gasteiger partial charge < -0.3 is 4.74 Å². The summed E-state index contributed by atoms with van der Waals surface area (Å²) >= 11 is 5.81. The van der Waals surface area contributed by atoms with Crippen molar-refractivity contribution >= 4 is 11.6 Å². The van der Waals surface area contributed by atoms with Gasteiger partial charge in [-0.05, 0) is 58.5 Å². The Kier molecular flexibility index (Phi) is 6.52. The Morgan fingerprint density at radius 2 is 1.44 bits per heavy atom. The van der Waals surface area contributed by atoms with Gasteiger partial charge in [0.2, 0.25) is 5.28 Å². The van der Waals surface area contributed by atoms with E-state index in [0.29, 0.717) is 12.5 Å². The second-order valence-electron chi connectivity index (χ2n) is 8.31. The van der Waals surface area contributed by atoms with Crippen molar-refractivity contribution in [3.05, 3.63) is 107 Å². The molecule has 1 atom stereocenters. The summed E-state index contributed by atoms with van der Waals surface area (Å²) in [5.74, 6) is 1.23. The molecular weight excluding hydrogens is 418 g/mol. The van der Waals surface area contributed by atoms with Gasteiger partial charge in [-0.2, -0.15) is 0 Å². The van der Waals surface area contributed by atoms with Crippen molar-refractivity contribution in [3.8, 4) is 16.9 Å². The van der Waals surface area contributed by atoms with E-state index in [1.54, 1.807) is 18.6 Å². The summed E-state index contributed by atoms with van der Waals surface area (Å²) in [5, 5.41) is 0.255. The molecule has 0 amide bonds. The highest BCUT2D eigenvalue weighted by Gasteiger charge is 2.32. The number of nitrogens with zero attached hydrogens (tertiary/aromatic N) is 3. The lowest BCUT2D eigenvalue weighted by Crippen LogP contribution is -2.30. The third kappa shape index (κ3) is 4.66. The number of hydrogen-bond acceptors (Lipinski definition) is 4. The van der Waals surface area contributed by atoms with Crippen molar-refractivity contribution in [3.63, 3.8) is 0 Å². The molecule has 162 valence electrons. The van der Waals surface area contributed by atoms with Crippen molar-refractivity contribution in [1.82, 2.24) is 15.0 Å². The second-order valence-corrected chi connectivity index (χ2v) is 8.65. The van der Waals surface area contributed by atoms with Crippen LogP contribution in [0.2, 0.25) is 5.28 Å². The van der Waals surface area contributed by atoms with Crippen molar-refractivity contribution in [2.75, 3.05) is 0 Å². The number of rotatable bonds is 7. The SMILES string of the molecule is CC(C)C(C)(c1ccc(OCc2ccccn2)cc1)c1ccc(-c2cnc(Cl)nc2)cc1. The van der Waals surface area contributed by atoms with Gasteiger partial charge in [-0.3, -0.25) is 4.98 Å². The molecule has 0 aliphatic rings. The van der Waals surface area contributed by atoms with Gasteiger partial charge in [-0.1, -0.05) is 63.2 Å². The quantitative estimate of drug-likeness (QED) is 0.297. The lowest BCUT2D eigenvalue weighted by Gasteiger charge is -2.35. The number of ether oxygens (including phenoxy) is 1. The highest BCUT2D eigenvalue weighted by molar-refractivity contribution is 6.28. The molecule has 0 bridgehead atoms. The first kappa shape index (κ1) is 22.0. The normalized spacial score (nSPS) is 13.0. The number of halogens is 1. The zero-order valence-electron chi connectivity index (χ0n) is 18.5. The van der Waals surface area contributed by atoms with Crippen molar-refractivity contribution < 1.29 is 4.74 Å². The van der Waals surface area contributed by atoms with E-state index >= 15 is 0 Å². The zero-order valence-corrected chi connectivity index (χ0v) is 19.3. The highest BCUT2D eigenvalue weighted by atomic mass is 35.5. The van der Waals surface area contributed by atoms with Gasteiger partial charge in [0.1, 0.15) is 12.4 Å². The molecule has 0 saturated carbocycles. The average Bonchev–Trinajstić information content (AvgIpc) is 2.84. The van der Waals surface area contributed by atoms with Gasteiger partial charge >= 0.3 is 0 Å². The monoisotopic (exact) mass is 443 g/mol. The van der Waals surface area contributed by atoms with Crippen LogP contribution in [0, 0.1) is 5.92 Å². The van der Waals surface area contributed by atoms with Gasteiger partial charge in [0, 0.05) is 29.6 Å². The van der Waals surface area contributed by atoms with Crippen LogP contribution in [0.25, 0.3) is 11.1 Å². The number of hydrogen-bond donors (Lipinski definition) is 0. The van der Waals surface area contributed by atoms with E-state index in [0.717, 1.165) is 22.6 Å². The molecule has 1 unspecified atom stereocenters. The van der Waals surface area contributed by atoms with Gasteiger partial charge in [-0.15, -0.1) is 0 Å². The van der Waals surface area contributed by atoms with Crippen LogP contribution < -0.4 is 4.74 Å². The van der Waals surface area contributed by atoms with Gasteiger partial charge in [0.25, 0.3) is 0 Å². The molecule has 0 N–H and O–H groups in total. The molecule has 0 aliphatic carbocycles. The summed E-state index contributed by atoms with van der Waals surface area (Å²) in [7, 11) is 0. The van der Waals surface area contributed by atoms with E-state index in [9.17, 15) is 0 Å². The fourth-order valence-electron chi connectivity index (χ4n) is 3.84. The fraction of sp³-hybridized carbons (Fsp3) is 0.222. The number of benzene rings is 2. The Morgan fingerprint density at radius 1 is 0.812 bits per heavy atom. The first-order chi connectivity index (χ1) is 15.5. The van der Waals surface area contributed by atoms with Crippen LogP contribution in [-0.2, 0) is 12.0 Å². The van der Waals surface area contributed by atoms with Crippen LogP contribution in [0.4, 0.5) is 0 Å². The lowest BCUT2D eigenvalue weighted by atomic mass is 9.68. The average molecular weight is 444 g/mol. The molecule has 0 aliphatic heterocycles. The van der Waals surface area contributed by atoms with Crippen molar-refractivity contribution in [2.45, 2.75) is 32.8 Å². The maximum absolute atomic E-state index is 5.92. The maximum Gasteiger partial charge on any atom is 0.222 e. The Balaban J connectivity index is 1.55. The lowest BCUT2D eigenvalue weighted by molar-refractivity contribution is 0.301. The fourth-order valence-corrected chi connectivity index (χ4v) is 3.94. The summed E-state index contributed by atoms with van der Waals surface area (Å²) in [5.41, 5.74) is 5.29. The molecule has 0 fully saturated rings. The van der Waals surface area contributed by atoms with E-state index in [1.165, 1.54) is 11.1 Å². The summed E-state index contributed by atoms with van der Waals surface area (Å²) in [4.78, 5) is 12.5. The van der Waals surface area contributed by atoms with Crippen LogP contribution >= 0.6 is 11.6 Å². The van der Waals surface area contributed by atoms with E-state index in [1.807, 2.05) is 30.3 Å². The minimum Gasteiger partial charge on any atom is -0.487 e. The van der Waals surface area contributed by atoms with E-state index in [-0.39, 0.29) is 10.7 Å².